The average Bonchev–Trinajstić information content (AvgIpc) is 2.26. The van der Waals surface area contributed by atoms with Gasteiger partial charge >= 0.3 is 6.18 Å². The zero-order valence-electron chi connectivity index (χ0n) is 11.9. The van der Waals surface area contributed by atoms with Crippen LogP contribution in [0.3, 0.4) is 0 Å². The minimum Gasteiger partial charge on any atom is -0.313 e. The summed E-state index contributed by atoms with van der Waals surface area (Å²) >= 11 is 0. The van der Waals surface area contributed by atoms with Crippen LogP contribution in [0, 0.1) is 5.41 Å². The van der Waals surface area contributed by atoms with E-state index in [2.05, 4.69) is 26.1 Å². The van der Waals surface area contributed by atoms with E-state index < -0.39 is 11.7 Å². The zero-order chi connectivity index (χ0) is 14.7. The Morgan fingerprint density at radius 1 is 1.16 bits per heavy atom. The first-order valence-corrected chi connectivity index (χ1v) is 6.54. The minimum atomic E-state index is -4.27. The molecule has 4 heteroatoms. The zero-order valence-corrected chi connectivity index (χ0v) is 11.9. The molecule has 1 atom stereocenters. The Morgan fingerprint density at radius 3 is 2.26 bits per heavy atom. The molecule has 0 aliphatic carbocycles. The number of hydrogen-bond donors (Lipinski definition) is 1. The summed E-state index contributed by atoms with van der Waals surface area (Å²) in [5.74, 6) is 0. The first-order chi connectivity index (χ1) is 8.64. The molecule has 0 saturated heterocycles. The van der Waals surface area contributed by atoms with Crippen molar-refractivity contribution in [1.29, 1.82) is 0 Å². The van der Waals surface area contributed by atoms with Gasteiger partial charge in [0.05, 0.1) is 5.56 Å². The highest BCUT2D eigenvalue weighted by molar-refractivity contribution is 5.26. The fourth-order valence-corrected chi connectivity index (χ4v) is 2.04. The maximum atomic E-state index is 12.7. The van der Waals surface area contributed by atoms with Gasteiger partial charge in [-0.3, -0.25) is 0 Å². The summed E-state index contributed by atoms with van der Waals surface area (Å²) in [6, 6.07) is 5.75. The molecule has 108 valence electrons. The van der Waals surface area contributed by atoms with Gasteiger partial charge in [0.15, 0.2) is 0 Å². The van der Waals surface area contributed by atoms with Crippen molar-refractivity contribution in [1.82, 2.24) is 5.32 Å². The second-order valence-electron chi connectivity index (χ2n) is 5.88. The molecule has 0 fully saturated rings. The molecule has 1 nitrogen and oxygen atoms in total. The summed E-state index contributed by atoms with van der Waals surface area (Å²) in [5.41, 5.74) is 0.148. The van der Waals surface area contributed by atoms with Gasteiger partial charge in [-0.05, 0) is 30.0 Å². The smallest absolute Gasteiger partial charge is 0.313 e. The Morgan fingerprint density at radius 2 is 1.79 bits per heavy atom. The van der Waals surface area contributed by atoms with Gasteiger partial charge in [-0.15, -0.1) is 0 Å². The quantitative estimate of drug-likeness (QED) is 0.863. The summed E-state index contributed by atoms with van der Waals surface area (Å²) in [6.07, 6.45) is -3.67. The van der Waals surface area contributed by atoms with Gasteiger partial charge in [0.2, 0.25) is 0 Å². The molecule has 1 rings (SSSR count). The second kappa shape index (κ2) is 5.95. The Hall–Kier alpha value is -1.03. The fourth-order valence-electron chi connectivity index (χ4n) is 2.04. The first-order valence-electron chi connectivity index (χ1n) is 6.54. The second-order valence-corrected chi connectivity index (χ2v) is 5.88. The molecule has 1 N–H and O–H groups in total. The van der Waals surface area contributed by atoms with E-state index in [4.69, 9.17) is 0 Å². The van der Waals surface area contributed by atoms with Crippen LogP contribution in [-0.4, -0.2) is 12.6 Å². The lowest BCUT2D eigenvalue weighted by Crippen LogP contribution is -2.41. The van der Waals surface area contributed by atoms with Crippen molar-refractivity contribution >= 4 is 0 Å². The summed E-state index contributed by atoms with van der Waals surface area (Å²) in [7, 11) is 0. The van der Waals surface area contributed by atoms with E-state index in [1.165, 1.54) is 12.1 Å². The molecule has 0 heterocycles. The number of nitrogens with one attached hydrogen (secondary N) is 1. The van der Waals surface area contributed by atoms with Gasteiger partial charge in [-0.1, -0.05) is 45.9 Å². The highest BCUT2D eigenvalue weighted by Gasteiger charge is 2.31. The summed E-state index contributed by atoms with van der Waals surface area (Å²) in [5, 5.41) is 3.35. The number of likely N-dealkylation sites (N-methyl/N-ethyl adjacent to an activating group) is 1. The third-order valence-corrected chi connectivity index (χ3v) is 3.19. The van der Waals surface area contributed by atoms with Crippen molar-refractivity contribution < 1.29 is 13.2 Å². The Bertz CT molecular complexity index is 405. The third kappa shape index (κ3) is 4.86. The lowest BCUT2D eigenvalue weighted by atomic mass is 9.83. The van der Waals surface area contributed by atoms with E-state index in [0.717, 1.165) is 18.2 Å². The number of benzene rings is 1. The Balaban J connectivity index is 2.91. The van der Waals surface area contributed by atoms with E-state index >= 15 is 0 Å². The van der Waals surface area contributed by atoms with E-state index in [1.807, 2.05) is 6.92 Å². The molecule has 0 aliphatic heterocycles. The van der Waals surface area contributed by atoms with Crippen LogP contribution in [-0.2, 0) is 12.6 Å². The third-order valence-electron chi connectivity index (χ3n) is 3.19. The normalized spacial score (nSPS) is 14.5. The van der Waals surface area contributed by atoms with Crippen molar-refractivity contribution in [2.24, 2.45) is 5.41 Å². The number of rotatable bonds is 4. The molecule has 19 heavy (non-hydrogen) atoms. The van der Waals surface area contributed by atoms with Crippen molar-refractivity contribution in [3.8, 4) is 0 Å². The van der Waals surface area contributed by atoms with Crippen molar-refractivity contribution in [2.45, 2.75) is 46.3 Å². The molecule has 1 aromatic carbocycles. The van der Waals surface area contributed by atoms with Crippen LogP contribution in [0.5, 0.6) is 0 Å². The highest BCUT2D eigenvalue weighted by Crippen LogP contribution is 2.30. The van der Waals surface area contributed by atoms with Crippen molar-refractivity contribution in [2.75, 3.05) is 6.54 Å². The minimum absolute atomic E-state index is 0.00421. The monoisotopic (exact) mass is 273 g/mol. The maximum absolute atomic E-state index is 12.7. The number of hydrogen-bond acceptors (Lipinski definition) is 1. The molecule has 1 unspecified atom stereocenters. The molecule has 0 aromatic heterocycles. The number of halogens is 3. The summed E-state index contributed by atoms with van der Waals surface area (Å²) in [4.78, 5) is 0. The van der Waals surface area contributed by atoms with Crippen molar-refractivity contribution in [3.63, 3.8) is 0 Å². The van der Waals surface area contributed by atoms with Gasteiger partial charge in [-0.25, -0.2) is 0 Å². The summed E-state index contributed by atoms with van der Waals surface area (Å²) < 4.78 is 38.0. The lowest BCUT2D eigenvalue weighted by molar-refractivity contribution is -0.137. The summed E-state index contributed by atoms with van der Waals surface area (Å²) in [6.45, 7) is 9.08. The van der Waals surface area contributed by atoms with E-state index in [0.29, 0.717) is 6.42 Å². The fraction of sp³-hybridized carbons (Fsp3) is 0.600. The molecule has 0 radical (unpaired) electrons. The first kappa shape index (κ1) is 16.0. The van der Waals surface area contributed by atoms with Crippen LogP contribution in [0.4, 0.5) is 13.2 Å². The van der Waals surface area contributed by atoms with Crippen LogP contribution >= 0.6 is 0 Å². The SMILES string of the molecule is CCNC(Cc1cccc(C(F)(F)F)c1)C(C)(C)C. The van der Waals surface area contributed by atoms with Gasteiger partial charge in [-0.2, -0.15) is 13.2 Å². The molecule has 0 saturated carbocycles. The molecular weight excluding hydrogens is 251 g/mol. The maximum Gasteiger partial charge on any atom is 0.416 e. The topological polar surface area (TPSA) is 12.0 Å². The van der Waals surface area contributed by atoms with Gasteiger partial charge < -0.3 is 5.32 Å². The lowest BCUT2D eigenvalue weighted by Gasteiger charge is -2.31. The highest BCUT2D eigenvalue weighted by atomic mass is 19.4. The average molecular weight is 273 g/mol. The van der Waals surface area contributed by atoms with Crippen LogP contribution < -0.4 is 5.32 Å². The standard InChI is InChI=1S/C15H22F3N/c1-5-19-13(14(2,3)4)10-11-7-6-8-12(9-11)15(16,17)18/h6-9,13,19H,5,10H2,1-4H3. The molecule has 0 spiro atoms. The van der Waals surface area contributed by atoms with Gasteiger partial charge in [0.1, 0.15) is 0 Å². The van der Waals surface area contributed by atoms with Crippen molar-refractivity contribution in [3.05, 3.63) is 35.4 Å². The molecule has 0 amide bonds. The van der Waals surface area contributed by atoms with Gasteiger partial charge in [0.25, 0.3) is 0 Å². The van der Waals surface area contributed by atoms with Crippen LogP contribution in [0.2, 0.25) is 0 Å². The predicted octanol–water partition coefficient (Wildman–Crippen LogP) is 4.27. The Kier molecular flexibility index (Phi) is 5.02. The van der Waals surface area contributed by atoms with E-state index in [9.17, 15) is 13.2 Å². The predicted molar refractivity (Wildman–Crippen MR) is 72.1 cm³/mol. The molecular formula is C15H22F3N. The molecule has 1 aromatic rings. The van der Waals surface area contributed by atoms with Crippen LogP contribution in [0.25, 0.3) is 0 Å². The molecule has 0 bridgehead atoms. The van der Waals surface area contributed by atoms with E-state index in [-0.39, 0.29) is 11.5 Å². The Labute approximate surface area is 113 Å². The molecule has 0 aliphatic rings. The number of alkyl halides is 3. The van der Waals surface area contributed by atoms with Crippen LogP contribution in [0.1, 0.15) is 38.8 Å². The largest absolute Gasteiger partial charge is 0.416 e. The van der Waals surface area contributed by atoms with Crippen LogP contribution in [0.15, 0.2) is 24.3 Å². The van der Waals surface area contributed by atoms with E-state index in [1.54, 1.807) is 6.07 Å². The van der Waals surface area contributed by atoms with Gasteiger partial charge in [0, 0.05) is 6.04 Å².